The summed E-state index contributed by atoms with van der Waals surface area (Å²) in [5.74, 6) is -4.97. The summed E-state index contributed by atoms with van der Waals surface area (Å²) in [5, 5.41) is 1.73. The summed E-state index contributed by atoms with van der Waals surface area (Å²) in [7, 11) is 0. The monoisotopic (exact) mass is 393 g/mol. The molecule has 1 aliphatic carbocycles. The Bertz CT molecular complexity index is 851. The summed E-state index contributed by atoms with van der Waals surface area (Å²) in [6.07, 6.45) is 5.68. The zero-order valence-corrected chi connectivity index (χ0v) is 15.7. The van der Waals surface area contributed by atoms with Crippen molar-refractivity contribution in [1.82, 2.24) is 0 Å². The van der Waals surface area contributed by atoms with Gasteiger partial charge in [0.1, 0.15) is 0 Å². The number of nitrogens with zero attached hydrogens (tertiary/aromatic N) is 1. The quantitative estimate of drug-likeness (QED) is 0.229. The predicted molar refractivity (Wildman–Crippen MR) is 101 cm³/mol. The average molecular weight is 393 g/mol. The van der Waals surface area contributed by atoms with E-state index in [1.807, 2.05) is 0 Å². The van der Waals surface area contributed by atoms with Gasteiger partial charge in [0.05, 0.1) is 10.7 Å². The molecule has 142 valence electrons. The lowest BCUT2D eigenvalue weighted by molar-refractivity contribution is 0.319. The standard InChI is InChI=1S/C21H19F4NS/c1-2-12-3-5-13(6-4-12)14-7-9-15(10-8-14)16-17(22)19(24)21(26-11-27)20(25)18(16)23/h7-10,12-13H,2-6H2,1H3. The summed E-state index contributed by atoms with van der Waals surface area (Å²) in [4.78, 5) is 3.09. The molecule has 2 aromatic carbocycles. The third-order valence-corrected chi connectivity index (χ3v) is 5.58. The van der Waals surface area contributed by atoms with Gasteiger partial charge in [-0.3, -0.25) is 0 Å². The van der Waals surface area contributed by atoms with Gasteiger partial charge in [-0.05, 0) is 60.9 Å². The molecule has 0 saturated heterocycles. The zero-order chi connectivity index (χ0) is 19.6. The van der Waals surface area contributed by atoms with Gasteiger partial charge in [0, 0.05) is 0 Å². The molecule has 0 atom stereocenters. The molecular formula is C21H19F4NS. The molecule has 1 nitrogen and oxygen atoms in total. The van der Waals surface area contributed by atoms with E-state index in [-0.39, 0.29) is 5.56 Å². The fourth-order valence-electron chi connectivity index (χ4n) is 3.84. The van der Waals surface area contributed by atoms with Crippen molar-refractivity contribution in [1.29, 1.82) is 0 Å². The highest BCUT2D eigenvalue weighted by Crippen LogP contribution is 2.39. The number of isothiocyanates is 1. The second kappa shape index (κ2) is 8.32. The maximum absolute atomic E-state index is 14.3. The highest BCUT2D eigenvalue weighted by molar-refractivity contribution is 7.78. The second-order valence-corrected chi connectivity index (χ2v) is 7.11. The smallest absolute Gasteiger partial charge is 0.189 e. The van der Waals surface area contributed by atoms with Gasteiger partial charge in [0.25, 0.3) is 0 Å². The van der Waals surface area contributed by atoms with Gasteiger partial charge < -0.3 is 0 Å². The number of benzene rings is 2. The molecule has 1 aliphatic rings. The minimum absolute atomic E-state index is 0.0756. The summed E-state index contributed by atoms with van der Waals surface area (Å²) < 4.78 is 56.8. The zero-order valence-electron chi connectivity index (χ0n) is 14.9. The van der Waals surface area contributed by atoms with Crippen molar-refractivity contribution < 1.29 is 17.6 Å². The molecule has 0 spiro atoms. The van der Waals surface area contributed by atoms with Crippen LogP contribution in [0.1, 0.15) is 50.5 Å². The molecule has 0 aromatic heterocycles. The van der Waals surface area contributed by atoms with Crippen molar-refractivity contribution in [3.63, 3.8) is 0 Å². The van der Waals surface area contributed by atoms with Crippen LogP contribution < -0.4 is 0 Å². The van der Waals surface area contributed by atoms with Crippen LogP contribution in [-0.2, 0) is 0 Å². The first-order chi connectivity index (χ1) is 13.0. The molecule has 2 aromatic rings. The molecule has 0 unspecified atom stereocenters. The van der Waals surface area contributed by atoms with Crippen LogP contribution in [0.15, 0.2) is 29.3 Å². The minimum atomic E-state index is -1.58. The number of halogens is 4. The molecule has 27 heavy (non-hydrogen) atoms. The van der Waals surface area contributed by atoms with Gasteiger partial charge >= 0.3 is 0 Å². The Morgan fingerprint density at radius 1 is 0.926 bits per heavy atom. The first-order valence-corrected chi connectivity index (χ1v) is 9.42. The molecule has 0 heterocycles. The van der Waals surface area contributed by atoms with E-state index in [2.05, 4.69) is 24.1 Å². The lowest BCUT2D eigenvalue weighted by Crippen LogP contribution is -2.12. The number of hydrogen-bond acceptors (Lipinski definition) is 2. The largest absolute Gasteiger partial charge is 0.203 e. The molecule has 1 saturated carbocycles. The van der Waals surface area contributed by atoms with E-state index >= 15 is 0 Å². The van der Waals surface area contributed by atoms with Crippen LogP contribution in [0.4, 0.5) is 23.2 Å². The Balaban J connectivity index is 1.93. The Kier molecular flexibility index (Phi) is 6.08. The maximum atomic E-state index is 14.3. The fourth-order valence-corrected chi connectivity index (χ4v) is 3.93. The van der Waals surface area contributed by atoms with Crippen LogP contribution in [0.3, 0.4) is 0 Å². The third kappa shape index (κ3) is 3.83. The van der Waals surface area contributed by atoms with E-state index in [9.17, 15) is 17.6 Å². The van der Waals surface area contributed by atoms with Gasteiger partial charge in [-0.25, -0.2) is 17.6 Å². The molecule has 1 fully saturated rings. The van der Waals surface area contributed by atoms with Gasteiger partial charge in [0.2, 0.25) is 0 Å². The van der Waals surface area contributed by atoms with Gasteiger partial charge in [-0.2, -0.15) is 4.99 Å². The molecule has 3 rings (SSSR count). The molecule has 0 N–H and O–H groups in total. The van der Waals surface area contributed by atoms with E-state index in [1.165, 1.54) is 31.4 Å². The van der Waals surface area contributed by atoms with Crippen molar-refractivity contribution >= 4 is 23.1 Å². The summed E-state index contributed by atoms with van der Waals surface area (Å²) in [6.45, 7) is 2.20. The maximum Gasteiger partial charge on any atom is 0.189 e. The predicted octanol–water partition coefficient (Wildman–Crippen LogP) is 7.33. The van der Waals surface area contributed by atoms with Crippen molar-refractivity contribution in [2.45, 2.75) is 44.9 Å². The van der Waals surface area contributed by atoms with E-state index in [0.29, 0.717) is 5.92 Å². The Morgan fingerprint density at radius 3 is 1.96 bits per heavy atom. The highest BCUT2D eigenvalue weighted by atomic mass is 32.1. The molecule has 0 bridgehead atoms. The summed E-state index contributed by atoms with van der Waals surface area (Å²) >= 11 is 4.26. The van der Waals surface area contributed by atoms with Crippen LogP contribution in [0.2, 0.25) is 0 Å². The second-order valence-electron chi connectivity index (χ2n) is 6.93. The van der Waals surface area contributed by atoms with E-state index in [4.69, 9.17) is 0 Å². The van der Waals surface area contributed by atoms with Crippen LogP contribution in [0.5, 0.6) is 0 Å². The minimum Gasteiger partial charge on any atom is -0.203 e. The van der Waals surface area contributed by atoms with Crippen LogP contribution in [0, 0.1) is 29.2 Å². The summed E-state index contributed by atoms with van der Waals surface area (Å²) in [6, 6.07) is 6.57. The topological polar surface area (TPSA) is 12.4 Å². The van der Waals surface area contributed by atoms with Gasteiger partial charge in [-0.1, -0.05) is 37.6 Å². The SMILES string of the molecule is CCC1CCC(c2ccc(-c3c(F)c(F)c(N=C=S)c(F)c3F)cc2)CC1. The number of thiocarbonyl (C=S) groups is 1. The lowest BCUT2D eigenvalue weighted by Gasteiger charge is -2.28. The third-order valence-electron chi connectivity index (χ3n) is 5.49. The number of aliphatic imine (C=N–C) groups is 1. The molecule has 6 heteroatoms. The molecule has 0 amide bonds. The Labute approximate surface area is 161 Å². The van der Waals surface area contributed by atoms with E-state index < -0.39 is 34.5 Å². The van der Waals surface area contributed by atoms with Gasteiger partial charge in [0.15, 0.2) is 29.0 Å². The Morgan fingerprint density at radius 2 is 1.48 bits per heavy atom. The van der Waals surface area contributed by atoms with Crippen LogP contribution in [-0.4, -0.2) is 5.16 Å². The van der Waals surface area contributed by atoms with Gasteiger partial charge in [-0.15, -0.1) is 0 Å². The van der Waals surface area contributed by atoms with Crippen molar-refractivity contribution in [3.8, 4) is 11.1 Å². The molecule has 0 radical (unpaired) electrons. The fraction of sp³-hybridized carbons (Fsp3) is 0.381. The number of hydrogen-bond donors (Lipinski definition) is 0. The first kappa shape index (κ1) is 19.7. The average Bonchev–Trinajstić information content (AvgIpc) is 2.70. The van der Waals surface area contributed by atoms with E-state index in [1.54, 1.807) is 17.3 Å². The van der Waals surface area contributed by atoms with Crippen molar-refractivity contribution in [2.75, 3.05) is 0 Å². The first-order valence-electron chi connectivity index (χ1n) is 9.02. The Hall–Kier alpha value is -2.04. The van der Waals surface area contributed by atoms with Crippen molar-refractivity contribution in [3.05, 3.63) is 53.1 Å². The molecule has 0 aliphatic heterocycles. The van der Waals surface area contributed by atoms with Crippen molar-refractivity contribution in [2.24, 2.45) is 10.9 Å². The normalized spacial score (nSPS) is 19.6. The molecular weight excluding hydrogens is 374 g/mol. The number of rotatable bonds is 4. The summed E-state index contributed by atoms with van der Waals surface area (Å²) in [5.41, 5.74) is -0.689. The highest BCUT2D eigenvalue weighted by Gasteiger charge is 2.27. The lowest BCUT2D eigenvalue weighted by atomic mass is 9.77. The van der Waals surface area contributed by atoms with Crippen LogP contribution >= 0.6 is 12.2 Å². The van der Waals surface area contributed by atoms with Crippen LogP contribution in [0.25, 0.3) is 11.1 Å². The van der Waals surface area contributed by atoms with E-state index in [0.717, 1.165) is 24.3 Å².